The second kappa shape index (κ2) is 6.44. The zero-order valence-corrected chi connectivity index (χ0v) is 13.9. The van der Waals surface area contributed by atoms with Crippen molar-refractivity contribution in [3.63, 3.8) is 0 Å². The Kier molecular flexibility index (Phi) is 4.37. The Morgan fingerprint density at radius 1 is 1.17 bits per heavy atom. The maximum absolute atomic E-state index is 12.4. The second-order valence-corrected chi connectivity index (χ2v) is 6.29. The van der Waals surface area contributed by atoms with Crippen LogP contribution in [0.25, 0.3) is 0 Å². The van der Waals surface area contributed by atoms with Crippen molar-refractivity contribution in [2.45, 2.75) is 39.7 Å². The van der Waals surface area contributed by atoms with Crippen molar-refractivity contribution in [2.24, 2.45) is 0 Å². The lowest BCUT2D eigenvalue weighted by Crippen LogP contribution is -2.41. The highest BCUT2D eigenvalue weighted by Gasteiger charge is 2.25. The van der Waals surface area contributed by atoms with Crippen LogP contribution in [0, 0.1) is 20.8 Å². The van der Waals surface area contributed by atoms with Crippen LogP contribution in [0.15, 0.2) is 24.3 Å². The standard InChI is InChI=1S/C18H23N3O2/c1-12-4-5-16(10-13(12)2)23-15-6-8-21(9-7-15)18(22)17-11-14(3)19-20-17/h4-5,10-11,15H,6-9H2,1-3H3,(H,19,20). The Morgan fingerprint density at radius 3 is 2.52 bits per heavy atom. The molecule has 122 valence electrons. The highest BCUT2D eigenvalue weighted by Crippen LogP contribution is 2.22. The van der Waals surface area contributed by atoms with Crippen LogP contribution in [0.2, 0.25) is 0 Å². The number of nitrogens with zero attached hydrogens (tertiary/aromatic N) is 2. The highest BCUT2D eigenvalue weighted by molar-refractivity contribution is 5.92. The molecule has 1 aromatic heterocycles. The van der Waals surface area contributed by atoms with Gasteiger partial charge in [0.05, 0.1) is 0 Å². The Bertz CT molecular complexity index is 700. The van der Waals surface area contributed by atoms with Gasteiger partial charge in [-0.05, 0) is 50.1 Å². The van der Waals surface area contributed by atoms with Gasteiger partial charge in [-0.3, -0.25) is 9.89 Å². The first-order valence-electron chi connectivity index (χ1n) is 8.08. The van der Waals surface area contributed by atoms with Crippen LogP contribution in [0.1, 0.15) is 40.2 Å². The Hall–Kier alpha value is -2.30. The van der Waals surface area contributed by atoms with Gasteiger partial charge in [-0.25, -0.2) is 0 Å². The van der Waals surface area contributed by atoms with Crippen LogP contribution in [0.5, 0.6) is 5.75 Å². The van der Waals surface area contributed by atoms with Crippen LogP contribution in [-0.2, 0) is 0 Å². The number of hydrogen-bond acceptors (Lipinski definition) is 3. The summed E-state index contributed by atoms with van der Waals surface area (Å²) in [5.74, 6) is 0.916. The van der Waals surface area contributed by atoms with E-state index in [1.54, 1.807) is 6.07 Å². The molecule has 0 spiro atoms. The van der Waals surface area contributed by atoms with E-state index in [2.05, 4.69) is 36.2 Å². The number of H-pyrrole nitrogens is 1. The lowest BCUT2D eigenvalue weighted by molar-refractivity contribution is 0.0590. The molecule has 0 radical (unpaired) electrons. The highest BCUT2D eigenvalue weighted by atomic mass is 16.5. The van der Waals surface area contributed by atoms with Gasteiger partial charge in [-0.1, -0.05) is 6.07 Å². The molecule has 1 aromatic carbocycles. The average Bonchev–Trinajstić information content (AvgIpc) is 2.97. The number of aromatic nitrogens is 2. The molecule has 2 aromatic rings. The lowest BCUT2D eigenvalue weighted by Gasteiger charge is -2.31. The number of carbonyl (C=O) groups is 1. The number of aromatic amines is 1. The van der Waals surface area contributed by atoms with Gasteiger partial charge in [0.25, 0.3) is 5.91 Å². The summed E-state index contributed by atoms with van der Waals surface area (Å²) in [4.78, 5) is 14.2. The third-order valence-electron chi connectivity index (χ3n) is 4.44. The molecule has 0 saturated carbocycles. The molecule has 5 nitrogen and oxygen atoms in total. The molecule has 2 heterocycles. The molecule has 23 heavy (non-hydrogen) atoms. The van der Waals surface area contributed by atoms with Crippen LogP contribution < -0.4 is 4.74 Å². The van der Waals surface area contributed by atoms with Crippen molar-refractivity contribution in [2.75, 3.05) is 13.1 Å². The molecule has 3 rings (SSSR count). The van der Waals surface area contributed by atoms with Gasteiger partial charge in [0, 0.05) is 31.6 Å². The van der Waals surface area contributed by atoms with E-state index in [1.807, 2.05) is 17.9 Å². The summed E-state index contributed by atoms with van der Waals surface area (Å²) in [7, 11) is 0. The van der Waals surface area contributed by atoms with E-state index in [-0.39, 0.29) is 12.0 Å². The van der Waals surface area contributed by atoms with Gasteiger partial charge >= 0.3 is 0 Å². The minimum Gasteiger partial charge on any atom is -0.490 e. The quantitative estimate of drug-likeness (QED) is 0.947. The number of ether oxygens (including phenoxy) is 1. The van der Waals surface area contributed by atoms with E-state index >= 15 is 0 Å². The van der Waals surface area contributed by atoms with E-state index < -0.39 is 0 Å². The van der Waals surface area contributed by atoms with Gasteiger partial charge in [-0.2, -0.15) is 5.10 Å². The van der Waals surface area contributed by atoms with Gasteiger partial charge in [0.1, 0.15) is 17.5 Å². The number of amides is 1. The summed E-state index contributed by atoms with van der Waals surface area (Å²) in [5.41, 5.74) is 3.91. The normalized spacial score (nSPS) is 15.7. The Morgan fingerprint density at radius 2 is 1.91 bits per heavy atom. The summed E-state index contributed by atoms with van der Waals surface area (Å²) in [6, 6.07) is 7.98. The Balaban J connectivity index is 1.56. The molecule has 0 atom stereocenters. The number of likely N-dealkylation sites (tertiary alicyclic amines) is 1. The smallest absolute Gasteiger partial charge is 0.274 e. The predicted octanol–water partition coefficient (Wildman–Crippen LogP) is 3.02. The van der Waals surface area contributed by atoms with Crippen LogP contribution in [0.3, 0.4) is 0 Å². The number of carbonyl (C=O) groups excluding carboxylic acids is 1. The third kappa shape index (κ3) is 3.55. The van der Waals surface area contributed by atoms with Gasteiger partial charge < -0.3 is 9.64 Å². The molecule has 1 aliphatic heterocycles. The number of aryl methyl sites for hydroxylation is 3. The molecular weight excluding hydrogens is 290 g/mol. The minimum atomic E-state index is -0.000944. The zero-order chi connectivity index (χ0) is 16.4. The molecule has 1 fully saturated rings. The van der Waals surface area contributed by atoms with Gasteiger partial charge in [0.15, 0.2) is 0 Å². The van der Waals surface area contributed by atoms with E-state index in [0.29, 0.717) is 18.8 Å². The SMILES string of the molecule is Cc1cc(C(=O)N2CCC(Oc3ccc(C)c(C)c3)CC2)n[nH]1. The van der Waals surface area contributed by atoms with Crippen molar-refractivity contribution < 1.29 is 9.53 Å². The molecule has 0 unspecified atom stereocenters. The van der Waals surface area contributed by atoms with Crippen molar-refractivity contribution in [3.8, 4) is 5.75 Å². The van der Waals surface area contributed by atoms with E-state index in [9.17, 15) is 4.79 Å². The number of hydrogen-bond donors (Lipinski definition) is 1. The molecule has 1 N–H and O–H groups in total. The number of benzene rings is 1. The predicted molar refractivity (Wildman–Crippen MR) is 88.8 cm³/mol. The number of nitrogens with one attached hydrogen (secondary N) is 1. The first-order valence-corrected chi connectivity index (χ1v) is 8.08. The monoisotopic (exact) mass is 313 g/mol. The van der Waals surface area contributed by atoms with Crippen molar-refractivity contribution in [1.29, 1.82) is 0 Å². The van der Waals surface area contributed by atoms with Gasteiger partial charge in [0.2, 0.25) is 0 Å². The number of piperidine rings is 1. The second-order valence-electron chi connectivity index (χ2n) is 6.29. The minimum absolute atomic E-state index is 0.000944. The first kappa shape index (κ1) is 15.6. The fourth-order valence-electron chi connectivity index (χ4n) is 2.85. The van der Waals surface area contributed by atoms with E-state index in [4.69, 9.17) is 4.74 Å². The van der Waals surface area contributed by atoms with Gasteiger partial charge in [-0.15, -0.1) is 0 Å². The molecule has 0 aliphatic carbocycles. The van der Waals surface area contributed by atoms with Crippen molar-refractivity contribution in [1.82, 2.24) is 15.1 Å². The third-order valence-corrected chi connectivity index (χ3v) is 4.44. The summed E-state index contributed by atoms with van der Waals surface area (Å²) >= 11 is 0. The topological polar surface area (TPSA) is 58.2 Å². The summed E-state index contributed by atoms with van der Waals surface area (Å²) in [5, 5.41) is 6.87. The fourth-order valence-corrected chi connectivity index (χ4v) is 2.85. The van der Waals surface area contributed by atoms with E-state index in [0.717, 1.165) is 24.3 Å². The summed E-state index contributed by atoms with van der Waals surface area (Å²) in [6.45, 7) is 7.50. The maximum Gasteiger partial charge on any atom is 0.274 e. The largest absolute Gasteiger partial charge is 0.490 e. The fraction of sp³-hybridized carbons (Fsp3) is 0.444. The summed E-state index contributed by atoms with van der Waals surface area (Å²) in [6.07, 6.45) is 1.87. The molecule has 5 heteroatoms. The molecule has 1 amide bonds. The molecular formula is C18H23N3O2. The van der Waals surface area contributed by atoms with Crippen LogP contribution >= 0.6 is 0 Å². The van der Waals surface area contributed by atoms with E-state index in [1.165, 1.54) is 11.1 Å². The maximum atomic E-state index is 12.4. The summed E-state index contributed by atoms with van der Waals surface area (Å²) < 4.78 is 6.07. The van der Waals surface area contributed by atoms with Crippen molar-refractivity contribution in [3.05, 3.63) is 46.8 Å². The van der Waals surface area contributed by atoms with Crippen LogP contribution in [0.4, 0.5) is 0 Å². The zero-order valence-electron chi connectivity index (χ0n) is 13.9. The van der Waals surface area contributed by atoms with Crippen LogP contribution in [-0.4, -0.2) is 40.2 Å². The Labute approximate surface area is 136 Å². The van der Waals surface area contributed by atoms with Crippen molar-refractivity contribution >= 4 is 5.91 Å². The number of rotatable bonds is 3. The first-order chi connectivity index (χ1) is 11.0. The average molecular weight is 313 g/mol. The molecule has 0 bridgehead atoms. The molecule has 1 aliphatic rings. The molecule has 1 saturated heterocycles. The lowest BCUT2D eigenvalue weighted by atomic mass is 10.1.